The molecule has 0 aliphatic heterocycles. The predicted octanol–water partition coefficient (Wildman–Crippen LogP) is 9.59. The highest BCUT2D eigenvalue weighted by atomic mass is 16.3. The van der Waals surface area contributed by atoms with Crippen LogP contribution in [0.4, 0.5) is 4.79 Å². The summed E-state index contributed by atoms with van der Waals surface area (Å²) in [6.07, 6.45) is 11.8. The van der Waals surface area contributed by atoms with E-state index in [-0.39, 0.29) is 47.1 Å². The fraction of sp³-hybridized carbons (Fsp3) is 0.429. The highest BCUT2D eigenvalue weighted by Crippen LogP contribution is 2.78. The normalized spacial score (nSPS) is 34.9. The Balaban J connectivity index is 1.11. The molecule has 3 N–H and O–H groups in total. The molecule has 0 saturated heterocycles. The predicted molar refractivity (Wildman–Crippen MR) is 217 cm³/mol. The van der Waals surface area contributed by atoms with E-state index in [0.717, 1.165) is 59.6 Å². The molecule has 4 aromatic rings. The number of fused-ring (bicyclic) bond motifs is 2. The molecule has 55 heavy (non-hydrogen) atoms. The van der Waals surface area contributed by atoms with Crippen molar-refractivity contribution in [2.75, 3.05) is 6.54 Å². The molecular weight excluding hydrogens is 681 g/mol. The van der Waals surface area contributed by atoms with Crippen LogP contribution in [0.1, 0.15) is 93.2 Å². The van der Waals surface area contributed by atoms with E-state index in [4.69, 9.17) is 0 Å². The number of ketones is 1. The number of nitrogens with one attached hydrogen (secondary N) is 1. The van der Waals surface area contributed by atoms with Crippen LogP contribution in [-0.2, 0) is 6.54 Å². The number of hydrogen-bond acceptors (Lipinski definition) is 4. The van der Waals surface area contributed by atoms with Crippen LogP contribution in [0.3, 0.4) is 0 Å². The second-order valence-electron chi connectivity index (χ2n) is 18.1. The number of aliphatic hydroxyl groups excluding tert-OH is 1. The second-order valence-corrected chi connectivity index (χ2v) is 18.1. The van der Waals surface area contributed by atoms with Crippen molar-refractivity contribution in [3.8, 4) is 0 Å². The fourth-order valence-corrected chi connectivity index (χ4v) is 12.6. The number of hydrogen-bond donors (Lipinski definition) is 3. The van der Waals surface area contributed by atoms with E-state index in [1.165, 1.54) is 0 Å². The molecule has 2 spiro atoms. The van der Waals surface area contributed by atoms with Gasteiger partial charge in [-0.15, -0.1) is 0 Å². The van der Waals surface area contributed by atoms with Gasteiger partial charge in [0.15, 0.2) is 5.78 Å². The summed E-state index contributed by atoms with van der Waals surface area (Å²) in [5.74, 6) is 0.252. The van der Waals surface area contributed by atoms with Gasteiger partial charge in [-0.2, -0.15) is 0 Å². The van der Waals surface area contributed by atoms with Gasteiger partial charge in [-0.3, -0.25) is 4.79 Å². The van der Waals surface area contributed by atoms with Crippen LogP contribution in [0.2, 0.25) is 0 Å². The summed E-state index contributed by atoms with van der Waals surface area (Å²) in [4.78, 5) is 31.3. The highest BCUT2D eigenvalue weighted by Gasteiger charge is 2.74. The van der Waals surface area contributed by atoms with Crippen molar-refractivity contribution in [2.24, 2.45) is 33.5 Å². The third-order valence-corrected chi connectivity index (χ3v) is 15.6. The van der Waals surface area contributed by atoms with Crippen LogP contribution >= 0.6 is 0 Å². The molecule has 6 aliphatic carbocycles. The first kappa shape index (κ1) is 36.1. The summed E-state index contributed by atoms with van der Waals surface area (Å²) in [5, 5.41) is 29.9. The van der Waals surface area contributed by atoms with E-state index in [1.54, 1.807) is 0 Å². The SMILES string of the molecule is CC(NC(=O)N(Cc1cccc2ccccc12)CC1(O)CCC2C34C=CC5(C=C3C(=O)c3ccccc3)CC(O)CCC5(C)C4CCC21C)c1ccccc1. The Labute approximate surface area is 325 Å². The molecule has 9 unspecified atom stereocenters. The zero-order valence-corrected chi connectivity index (χ0v) is 32.4. The molecule has 2 bridgehead atoms. The minimum atomic E-state index is -1.19. The number of urea groups is 1. The average molecular weight is 735 g/mol. The molecule has 0 heterocycles. The average Bonchev–Trinajstić information content (AvgIpc) is 3.47. The molecule has 3 saturated carbocycles. The first-order valence-corrected chi connectivity index (χ1v) is 20.4. The summed E-state index contributed by atoms with van der Waals surface area (Å²) in [6.45, 7) is 7.20. The zero-order chi connectivity index (χ0) is 38.2. The monoisotopic (exact) mass is 734 g/mol. The van der Waals surface area contributed by atoms with Gasteiger partial charge in [0.1, 0.15) is 0 Å². The van der Waals surface area contributed by atoms with Gasteiger partial charge in [0.25, 0.3) is 0 Å². The largest absolute Gasteiger partial charge is 0.393 e. The van der Waals surface area contributed by atoms with Gasteiger partial charge in [0, 0.05) is 33.9 Å². The maximum atomic E-state index is 14.9. The maximum absolute atomic E-state index is 14.9. The second kappa shape index (κ2) is 13.0. The lowest BCUT2D eigenvalue weighted by molar-refractivity contribution is -0.174. The van der Waals surface area contributed by atoms with Crippen LogP contribution in [0.15, 0.2) is 127 Å². The van der Waals surface area contributed by atoms with Crippen LogP contribution in [0, 0.1) is 33.5 Å². The molecule has 2 amide bonds. The van der Waals surface area contributed by atoms with E-state index in [0.29, 0.717) is 24.9 Å². The Bertz CT molecular complexity index is 2190. The summed E-state index contributed by atoms with van der Waals surface area (Å²) >= 11 is 0. The number of carbonyl (C=O) groups excluding carboxylic acids is 2. The summed E-state index contributed by atoms with van der Waals surface area (Å²) in [6, 6.07) is 33.7. The van der Waals surface area contributed by atoms with Gasteiger partial charge in [0.2, 0.25) is 0 Å². The lowest BCUT2D eigenvalue weighted by Gasteiger charge is -2.71. The van der Waals surface area contributed by atoms with Crippen LogP contribution in [0.5, 0.6) is 0 Å². The topological polar surface area (TPSA) is 89.9 Å². The molecule has 6 nitrogen and oxygen atoms in total. The standard InChI is InChI=1S/C49H54N2O4/c1-33(34-13-6-4-7-14-34)50-44(54)51(31-37-19-12-18-35-15-10-11-20-39(35)37)32-48(55)26-23-42-46(48,3)25-22-41-45(2)24-21-38(52)29-47(45)27-28-49(41,42)40(30-47)43(53)36-16-8-5-9-17-36/h4-20,27-28,30,33,38,41-42,52,55H,21-26,29,31-32H2,1-3H3,(H,50,54). The Hall–Kier alpha value is -4.52. The maximum Gasteiger partial charge on any atom is 0.318 e. The number of Topliss-reactive ketones (excluding diaryl/α,β-unsaturated/α-hetero) is 1. The molecule has 4 aromatic carbocycles. The molecule has 3 fully saturated rings. The van der Waals surface area contributed by atoms with Gasteiger partial charge >= 0.3 is 6.03 Å². The number of allylic oxidation sites excluding steroid dienone is 4. The van der Waals surface area contributed by atoms with Crippen molar-refractivity contribution in [3.63, 3.8) is 0 Å². The Kier molecular flexibility index (Phi) is 8.56. The van der Waals surface area contributed by atoms with Gasteiger partial charge < -0.3 is 20.4 Å². The Morgan fingerprint density at radius 3 is 2.24 bits per heavy atom. The molecule has 284 valence electrons. The van der Waals surface area contributed by atoms with E-state index >= 15 is 0 Å². The third kappa shape index (κ3) is 5.34. The summed E-state index contributed by atoms with van der Waals surface area (Å²) in [5.41, 5.74) is 0.759. The number of rotatable bonds is 8. The lowest BCUT2D eigenvalue weighted by Crippen LogP contribution is -2.67. The van der Waals surface area contributed by atoms with E-state index in [9.17, 15) is 19.8 Å². The Morgan fingerprint density at radius 2 is 1.45 bits per heavy atom. The van der Waals surface area contributed by atoms with Crippen LogP contribution < -0.4 is 5.32 Å². The van der Waals surface area contributed by atoms with Crippen molar-refractivity contribution in [3.05, 3.63) is 144 Å². The van der Waals surface area contributed by atoms with E-state index in [2.05, 4.69) is 61.7 Å². The Morgan fingerprint density at radius 1 is 0.800 bits per heavy atom. The van der Waals surface area contributed by atoms with Crippen molar-refractivity contribution >= 4 is 22.6 Å². The number of aliphatic hydroxyl groups is 2. The molecular formula is C49H54N2O4. The van der Waals surface area contributed by atoms with Gasteiger partial charge in [0.05, 0.1) is 24.3 Å². The number of carbonyl (C=O) groups is 2. The van der Waals surface area contributed by atoms with Gasteiger partial charge in [-0.05, 0) is 91.0 Å². The molecule has 6 aliphatic rings. The first-order chi connectivity index (χ1) is 26.4. The van der Waals surface area contributed by atoms with Gasteiger partial charge in [-0.25, -0.2) is 4.79 Å². The van der Waals surface area contributed by atoms with Crippen LogP contribution in [0.25, 0.3) is 10.8 Å². The molecule has 0 radical (unpaired) electrons. The molecule has 0 aromatic heterocycles. The summed E-state index contributed by atoms with van der Waals surface area (Å²) in [7, 11) is 0. The third-order valence-electron chi connectivity index (χ3n) is 15.6. The number of nitrogens with zero attached hydrogens (tertiary/aromatic N) is 1. The van der Waals surface area contributed by atoms with Gasteiger partial charge in [-0.1, -0.05) is 135 Å². The number of amides is 2. The van der Waals surface area contributed by atoms with Crippen molar-refractivity contribution < 1.29 is 19.8 Å². The zero-order valence-electron chi connectivity index (χ0n) is 32.4. The molecule has 9 atom stereocenters. The van der Waals surface area contributed by atoms with E-state index in [1.807, 2.05) is 90.7 Å². The fourth-order valence-electron chi connectivity index (χ4n) is 12.6. The molecule has 10 rings (SSSR count). The minimum absolute atomic E-state index is 0.00778. The van der Waals surface area contributed by atoms with E-state index < -0.39 is 22.5 Å². The lowest BCUT2D eigenvalue weighted by atomic mass is 9.32. The first-order valence-electron chi connectivity index (χ1n) is 20.4. The minimum Gasteiger partial charge on any atom is -0.393 e. The van der Waals surface area contributed by atoms with Crippen molar-refractivity contribution in [2.45, 2.75) is 90.0 Å². The molecule has 6 heteroatoms. The van der Waals surface area contributed by atoms with Crippen molar-refractivity contribution in [1.29, 1.82) is 0 Å². The summed E-state index contributed by atoms with van der Waals surface area (Å²) < 4.78 is 0. The number of benzene rings is 4. The van der Waals surface area contributed by atoms with Crippen LogP contribution in [-0.4, -0.2) is 45.2 Å². The quantitative estimate of drug-likeness (QED) is 0.124. The highest BCUT2D eigenvalue weighted by molar-refractivity contribution is 6.10. The smallest absolute Gasteiger partial charge is 0.318 e. The van der Waals surface area contributed by atoms with Crippen molar-refractivity contribution in [1.82, 2.24) is 10.2 Å².